The molecule has 0 saturated heterocycles. The number of primary amides is 1. The van der Waals surface area contributed by atoms with Crippen molar-refractivity contribution in [3.63, 3.8) is 0 Å². The molecule has 8 nitrogen and oxygen atoms in total. The van der Waals surface area contributed by atoms with Gasteiger partial charge in [0.15, 0.2) is 12.0 Å². The number of aromatic amines is 1. The lowest BCUT2D eigenvalue weighted by molar-refractivity contribution is -0.381. The number of nitrogens with one attached hydrogen (secondary N) is 2. The van der Waals surface area contributed by atoms with E-state index >= 15 is 0 Å². The van der Waals surface area contributed by atoms with Crippen LogP contribution in [0.15, 0.2) is 54.7 Å². The van der Waals surface area contributed by atoms with Crippen molar-refractivity contribution in [2.24, 2.45) is 5.73 Å². The summed E-state index contributed by atoms with van der Waals surface area (Å²) in [6.07, 6.45) is -8.93. The Kier molecular flexibility index (Phi) is 8.10. The molecule has 0 aliphatic heterocycles. The van der Waals surface area contributed by atoms with Crippen LogP contribution in [0.2, 0.25) is 0 Å². The molecule has 0 aliphatic rings. The van der Waals surface area contributed by atoms with Crippen molar-refractivity contribution >= 4 is 17.5 Å². The van der Waals surface area contributed by atoms with Gasteiger partial charge in [0, 0.05) is 12.1 Å². The van der Waals surface area contributed by atoms with Crippen LogP contribution >= 0.6 is 0 Å². The first-order chi connectivity index (χ1) is 16.2. The average Bonchev–Trinajstić information content (AvgIpc) is 2.73. The Morgan fingerprint density at radius 3 is 2.08 bits per heavy atom. The predicted octanol–water partition coefficient (Wildman–Crippen LogP) is 4.52. The minimum Gasteiger partial charge on any atom is -0.870 e. The van der Waals surface area contributed by atoms with Crippen LogP contribution in [-0.2, 0) is 6.18 Å². The van der Waals surface area contributed by atoms with Crippen molar-refractivity contribution in [2.75, 3.05) is 5.32 Å². The molecule has 15 heteroatoms. The van der Waals surface area contributed by atoms with Crippen LogP contribution < -0.4 is 25.5 Å². The van der Waals surface area contributed by atoms with Crippen molar-refractivity contribution in [1.82, 2.24) is 0 Å². The molecule has 0 radical (unpaired) electrons. The van der Waals surface area contributed by atoms with Gasteiger partial charge >= 0.3 is 18.4 Å². The van der Waals surface area contributed by atoms with Crippen molar-refractivity contribution in [3.8, 4) is 17.2 Å². The van der Waals surface area contributed by atoms with Gasteiger partial charge in [-0.05, 0) is 36.4 Å². The van der Waals surface area contributed by atoms with E-state index in [4.69, 9.17) is 10.5 Å². The molecule has 3 aromatic rings. The molecule has 192 valence electrons. The number of alkyl halides is 6. The second-order valence-corrected chi connectivity index (χ2v) is 6.73. The molecule has 0 saturated carbocycles. The zero-order chi connectivity index (χ0) is 26.0. The number of pyridine rings is 1. The van der Waals surface area contributed by atoms with Gasteiger partial charge in [-0.3, -0.25) is 9.59 Å². The molecular weight excluding hydrogens is 507 g/mol. The van der Waals surface area contributed by atoms with Gasteiger partial charge < -0.3 is 26.0 Å². The highest BCUT2D eigenvalue weighted by atomic mass is 19.4. The molecule has 3 rings (SSSR count). The van der Waals surface area contributed by atoms with E-state index in [1.165, 1.54) is 12.3 Å². The molecular formula is C21H14F7N3O5. The Morgan fingerprint density at radius 1 is 0.917 bits per heavy atom. The highest BCUT2D eigenvalue weighted by molar-refractivity contribution is 6.07. The summed E-state index contributed by atoms with van der Waals surface area (Å²) >= 11 is 0. The van der Waals surface area contributed by atoms with Gasteiger partial charge in [0.25, 0.3) is 11.6 Å². The van der Waals surface area contributed by atoms with Gasteiger partial charge in [-0.1, -0.05) is 0 Å². The molecule has 0 atom stereocenters. The highest BCUT2D eigenvalue weighted by Crippen LogP contribution is 2.38. The number of halogens is 7. The predicted molar refractivity (Wildman–Crippen MR) is 106 cm³/mol. The van der Waals surface area contributed by atoms with Crippen LogP contribution in [0.5, 0.6) is 17.2 Å². The van der Waals surface area contributed by atoms with E-state index in [1.54, 1.807) is 0 Å². The summed E-state index contributed by atoms with van der Waals surface area (Å²) in [5, 5.41) is 2.13. The number of carbonyl (C=O) groups excluding carboxylic acids is 2. The zero-order valence-electron chi connectivity index (χ0n) is 17.5. The normalized spacial score (nSPS) is 11.3. The Labute approximate surface area is 196 Å². The van der Waals surface area contributed by atoms with Crippen LogP contribution in [-0.4, -0.2) is 23.7 Å². The van der Waals surface area contributed by atoms with E-state index in [0.29, 0.717) is 12.1 Å². The summed E-state index contributed by atoms with van der Waals surface area (Å²) in [6, 6.07) is 6.90. The summed E-state index contributed by atoms with van der Waals surface area (Å²) in [5.74, 6) is -5.77. The zero-order valence-corrected chi connectivity index (χ0v) is 17.5. The van der Waals surface area contributed by atoms with Crippen molar-refractivity contribution in [1.29, 1.82) is 0 Å². The van der Waals surface area contributed by atoms with Gasteiger partial charge in [-0.15, -0.1) is 13.2 Å². The number of hydrogen-bond acceptors (Lipinski definition) is 5. The molecule has 0 unspecified atom stereocenters. The van der Waals surface area contributed by atoms with Crippen LogP contribution in [0.25, 0.3) is 0 Å². The van der Waals surface area contributed by atoms with Crippen LogP contribution in [0, 0.1) is 5.82 Å². The van der Waals surface area contributed by atoms with E-state index in [-0.39, 0.29) is 22.6 Å². The van der Waals surface area contributed by atoms with Crippen LogP contribution in [0.1, 0.15) is 26.4 Å². The number of benzene rings is 2. The number of amides is 2. The molecule has 0 spiro atoms. The van der Waals surface area contributed by atoms with Gasteiger partial charge in [0.05, 0.1) is 11.3 Å². The maximum Gasteiger partial charge on any atom is 0.573 e. The van der Waals surface area contributed by atoms with Crippen LogP contribution in [0.3, 0.4) is 0 Å². The highest BCUT2D eigenvalue weighted by Gasteiger charge is 2.37. The van der Waals surface area contributed by atoms with Crippen molar-refractivity contribution in [3.05, 3.63) is 77.4 Å². The first-order valence-corrected chi connectivity index (χ1v) is 9.31. The fraction of sp³-hybridized carbons (Fsp3) is 0.0952. The number of rotatable bonds is 6. The Hall–Kier alpha value is -4.40. The largest absolute Gasteiger partial charge is 0.870 e. The van der Waals surface area contributed by atoms with E-state index in [1.807, 2.05) is 0 Å². The fourth-order valence-corrected chi connectivity index (χ4v) is 2.79. The topological polar surface area (TPSA) is 135 Å². The van der Waals surface area contributed by atoms with Gasteiger partial charge in [0.2, 0.25) is 0 Å². The molecule has 1 heterocycles. The second kappa shape index (κ2) is 10.5. The van der Waals surface area contributed by atoms with Gasteiger partial charge in [-0.25, -0.2) is 9.37 Å². The number of nitrogens with two attached hydrogens (primary N) is 1. The maximum atomic E-state index is 14.9. The summed E-state index contributed by atoms with van der Waals surface area (Å²) in [7, 11) is 0. The lowest BCUT2D eigenvalue weighted by Crippen LogP contribution is -2.24. The average molecular weight is 521 g/mol. The number of ether oxygens (including phenoxy) is 2. The summed E-state index contributed by atoms with van der Waals surface area (Å²) in [5.41, 5.74) is 1.93. The third-order valence-corrected chi connectivity index (χ3v) is 4.25. The Morgan fingerprint density at radius 2 is 1.53 bits per heavy atom. The lowest BCUT2D eigenvalue weighted by atomic mass is 10.1. The summed E-state index contributed by atoms with van der Waals surface area (Å²) in [6.45, 7) is 0. The molecule has 0 fully saturated rings. The van der Waals surface area contributed by atoms with E-state index in [0.717, 1.165) is 30.3 Å². The van der Waals surface area contributed by atoms with Crippen LogP contribution in [0.4, 0.5) is 36.4 Å². The molecule has 0 aliphatic carbocycles. The quantitative estimate of drug-likeness (QED) is 0.460. The van der Waals surface area contributed by atoms with E-state index in [2.05, 4.69) is 15.0 Å². The molecule has 2 aromatic carbocycles. The molecule has 2 amide bonds. The van der Waals surface area contributed by atoms with Crippen molar-refractivity contribution < 1.29 is 60.3 Å². The molecule has 0 bridgehead atoms. The van der Waals surface area contributed by atoms with Gasteiger partial charge in [0.1, 0.15) is 22.8 Å². The smallest absolute Gasteiger partial charge is 0.573 e. The number of aromatic nitrogens is 1. The number of carbonyl (C=O) groups is 2. The lowest BCUT2D eigenvalue weighted by Gasteiger charge is -2.16. The standard InChI is InChI=1S/C21H12F7N3O4.H2O/c22-17-13(20(23,24)25)5-6-15(34-11-1-3-12(4-2-11)35-21(26,27)28)16(17)19(33)31-10-7-8-30-14(9-10)18(29)32;/h1-9H,(H2,29,32)(H,30,31,33);1H2. The minimum atomic E-state index is -5.16. The number of anilines is 1. The third-order valence-electron chi connectivity index (χ3n) is 4.25. The van der Waals surface area contributed by atoms with E-state index < -0.39 is 52.8 Å². The Bertz CT molecular complexity index is 1260. The first-order valence-electron chi connectivity index (χ1n) is 9.31. The third kappa shape index (κ3) is 6.82. The minimum absolute atomic E-state index is 0. The molecule has 1 aromatic heterocycles. The Balaban J connectivity index is 0.00000456. The fourth-order valence-electron chi connectivity index (χ4n) is 2.79. The summed E-state index contributed by atoms with van der Waals surface area (Å²) < 4.78 is 100. The molecule has 36 heavy (non-hydrogen) atoms. The monoisotopic (exact) mass is 521 g/mol. The SMILES string of the molecule is NC(=O)c1cc(NC(=O)c2c(Oc3ccc(OC(F)(F)F)cc3)ccc(C(F)(F)F)c2F)cc[nH+]1.[OH-]. The summed E-state index contributed by atoms with van der Waals surface area (Å²) in [4.78, 5) is 26.5. The van der Waals surface area contributed by atoms with Crippen molar-refractivity contribution in [2.45, 2.75) is 12.5 Å². The number of hydrogen-bond donors (Lipinski definition) is 2. The second-order valence-electron chi connectivity index (χ2n) is 6.73. The van der Waals surface area contributed by atoms with E-state index in [9.17, 15) is 40.3 Å². The maximum absolute atomic E-state index is 14.9. The number of H-pyrrole nitrogens is 1. The van der Waals surface area contributed by atoms with Gasteiger partial charge in [-0.2, -0.15) is 13.2 Å². The molecule has 5 N–H and O–H groups in total. The first kappa shape index (κ1) is 27.8.